The number of anilines is 1. The van der Waals surface area contributed by atoms with Gasteiger partial charge in [0.2, 0.25) is 0 Å². The van der Waals surface area contributed by atoms with Crippen LogP contribution < -0.4 is 14.8 Å². The lowest BCUT2D eigenvalue weighted by Gasteiger charge is -2.15. The fourth-order valence-electron chi connectivity index (χ4n) is 2.26. The summed E-state index contributed by atoms with van der Waals surface area (Å²) in [5.74, 6) is -0.687. The number of hydrogen-bond donors (Lipinski definition) is 1. The highest BCUT2D eigenvalue weighted by molar-refractivity contribution is 6.31. The van der Waals surface area contributed by atoms with E-state index in [2.05, 4.69) is 5.32 Å². The minimum Gasteiger partial charge on any atom is -0.497 e. The zero-order chi connectivity index (χ0) is 20.0. The SMILES string of the molecule is COc1ccc(CC(=O)O[C@H](C)C(=O)Nc2ccc(F)c(Cl)c2)c(OC)c1. The molecule has 1 N–H and O–H groups in total. The van der Waals surface area contributed by atoms with Crippen molar-refractivity contribution in [2.75, 3.05) is 19.5 Å². The third kappa shape index (κ3) is 5.59. The van der Waals surface area contributed by atoms with Gasteiger partial charge in [0.05, 0.1) is 25.7 Å². The third-order valence-corrected chi connectivity index (χ3v) is 3.98. The smallest absolute Gasteiger partial charge is 0.311 e. The lowest BCUT2D eigenvalue weighted by Crippen LogP contribution is -2.30. The van der Waals surface area contributed by atoms with Crippen LogP contribution in [0, 0.1) is 5.82 Å². The van der Waals surface area contributed by atoms with E-state index in [9.17, 15) is 14.0 Å². The first-order chi connectivity index (χ1) is 12.8. The molecule has 1 amide bonds. The van der Waals surface area contributed by atoms with Crippen LogP contribution in [0.5, 0.6) is 11.5 Å². The van der Waals surface area contributed by atoms with Crippen molar-refractivity contribution in [3.8, 4) is 11.5 Å². The summed E-state index contributed by atoms with van der Waals surface area (Å²) in [6.07, 6.45) is -1.13. The van der Waals surface area contributed by atoms with Gasteiger partial charge >= 0.3 is 5.97 Å². The van der Waals surface area contributed by atoms with Crippen LogP contribution >= 0.6 is 11.6 Å². The Morgan fingerprint density at radius 3 is 2.52 bits per heavy atom. The Kier molecular flexibility index (Phi) is 7.01. The summed E-state index contributed by atoms with van der Waals surface area (Å²) in [5.41, 5.74) is 0.896. The van der Waals surface area contributed by atoms with Crippen molar-refractivity contribution in [1.82, 2.24) is 0 Å². The summed E-state index contributed by atoms with van der Waals surface area (Å²) in [5, 5.41) is 2.39. The molecule has 0 radical (unpaired) electrons. The maximum absolute atomic E-state index is 13.2. The number of benzene rings is 2. The number of carbonyl (C=O) groups is 2. The molecule has 0 aliphatic rings. The van der Waals surface area contributed by atoms with Gasteiger partial charge in [-0.15, -0.1) is 0 Å². The number of amides is 1. The first-order valence-corrected chi connectivity index (χ1v) is 8.38. The first-order valence-electron chi connectivity index (χ1n) is 8.00. The van der Waals surface area contributed by atoms with Gasteiger partial charge in [-0.05, 0) is 31.2 Å². The molecule has 6 nitrogen and oxygen atoms in total. The molecule has 27 heavy (non-hydrogen) atoms. The van der Waals surface area contributed by atoms with Crippen molar-refractivity contribution >= 4 is 29.2 Å². The molecule has 0 saturated carbocycles. The second-order valence-corrected chi connectivity index (χ2v) is 6.01. The van der Waals surface area contributed by atoms with Crippen LogP contribution in [0.4, 0.5) is 10.1 Å². The Morgan fingerprint density at radius 2 is 1.89 bits per heavy atom. The van der Waals surface area contributed by atoms with E-state index >= 15 is 0 Å². The summed E-state index contributed by atoms with van der Waals surface area (Å²) in [6, 6.07) is 8.78. The van der Waals surface area contributed by atoms with Crippen LogP contribution in [-0.2, 0) is 20.7 Å². The van der Waals surface area contributed by atoms with Crippen LogP contribution in [0.2, 0.25) is 5.02 Å². The van der Waals surface area contributed by atoms with Crippen molar-refractivity contribution < 1.29 is 28.2 Å². The van der Waals surface area contributed by atoms with Gasteiger partial charge in [0.25, 0.3) is 5.91 Å². The van der Waals surface area contributed by atoms with Crippen molar-refractivity contribution in [3.63, 3.8) is 0 Å². The topological polar surface area (TPSA) is 73.9 Å². The third-order valence-electron chi connectivity index (χ3n) is 3.69. The molecule has 0 aliphatic heterocycles. The average molecular weight is 396 g/mol. The Bertz CT molecular complexity index is 843. The largest absolute Gasteiger partial charge is 0.497 e. The van der Waals surface area contributed by atoms with Crippen molar-refractivity contribution in [3.05, 3.63) is 52.8 Å². The normalized spacial score (nSPS) is 11.4. The molecule has 0 aromatic heterocycles. The molecule has 8 heteroatoms. The molecule has 0 unspecified atom stereocenters. The van der Waals surface area contributed by atoms with Crippen LogP contribution in [0.25, 0.3) is 0 Å². The molecule has 2 aromatic rings. The lowest BCUT2D eigenvalue weighted by molar-refractivity contribution is -0.152. The number of methoxy groups -OCH3 is 2. The summed E-state index contributed by atoms with van der Waals surface area (Å²) < 4.78 is 28.6. The zero-order valence-corrected chi connectivity index (χ0v) is 15.8. The van der Waals surface area contributed by atoms with E-state index in [1.807, 2.05) is 0 Å². The molecule has 0 saturated heterocycles. The number of carbonyl (C=O) groups excluding carboxylic acids is 2. The number of esters is 1. The number of ether oxygens (including phenoxy) is 3. The predicted molar refractivity (Wildman–Crippen MR) is 98.8 cm³/mol. The van der Waals surface area contributed by atoms with Gasteiger partial charge in [-0.25, -0.2) is 4.39 Å². The Balaban J connectivity index is 1.96. The van der Waals surface area contributed by atoms with E-state index in [-0.39, 0.29) is 11.4 Å². The molecule has 0 fully saturated rings. The lowest BCUT2D eigenvalue weighted by atomic mass is 10.1. The van der Waals surface area contributed by atoms with Crippen LogP contribution in [0.15, 0.2) is 36.4 Å². The van der Waals surface area contributed by atoms with Crippen LogP contribution in [0.1, 0.15) is 12.5 Å². The van der Waals surface area contributed by atoms with Crippen LogP contribution in [0.3, 0.4) is 0 Å². The van der Waals surface area contributed by atoms with Gasteiger partial charge in [-0.1, -0.05) is 17.7 Å². The fraction of sp³-hybridized carbons (Fsp3) is 0.263. The van der Waals surface area contributed by atoms with Gasteiger partial charge in [0.1, 0.15) is 17.3 Å². The van der Waals surface area contributed by atoms with Gasteiger partial charge in [0.15, 0.2) is 6.10 Å². The number of nitrogens with one attached hydrogen (secondary N) is 1. The minimum atomic E-state index is -1.05. The number of halogens is 2. The van der Waals surface area contributed by atoms with E-state index in [0.29, 0.717) is 22.7 Å². The van der Waals surface area contributed by atoms with Gasteiger partial charge < -0.3 is 19.5 Å². The Hall–Kier alpha value is -2.80. The van der Waals surface area contributed by atoms with Gasteiger partial charge in [0, 0.05) is 17.3 Å². The van der Waals surface area contributed by atoms with Crippen molar-refractivity contribution in [1.29, 1.82) is 0 Å². The summed E-state index contributed by atoms with van der Waals surface area (Å²) in [4.78, 5) is 24.3. The molecule has 2 rings (SSSR count). The molecule has 0 heterocycles. The Labute approximate surface area is 161 Å². The predicted octanol–water partition coefficient (Wildman–Crippen LogP) is 3.61. The average Bonchev–Trinajstić information content (AvgIpc) is 2.64. The number of rotatable bonds is 7. The highest BCUT2D eigenvalue weighted by Crippen LogP contribution is 2.25. The second-order valence-electron chi connectivity index (χ2n) is 5.60. The highest BCUT2D eigenvalue weighted by atomic mass is 35.5. The minimum absolute atomic E-state index is 0.0762. The van der Waals surface area contributed by atoms with Gasteiger partial charge in [-0.3, -0.25) is 9.59 Å². The summed E-state index contributed by atoms with van der Waals surface area (Å²) in [7, 11) is 3.00. The fourth-order valence-corrected chi connectivity index (χ4v) is 2.44. The van der Waals surface area contributed by atoms with E-state index in [0.717, 1.165) is 6.07 Å². The zero-order valence-electron chi connectivity index (χ0n) is 15.0. The maximum atomic E-state index is 13.2. The van der Waals surface area contributed by atoms with E-state index < -0.39 is 23.8 Å². The monoisotopic (exact) mass is 395 g/mol. The van der Waals surface area contributed by atoms with Crippen molar-refractivity contribution in [2.24, 2.45) is 0 Å². The highest BCUT2D eigenvalue weighted by Gasteiger charge is 2.20. The molecule has 144 valence electrons. The van der Waals surface area contributed by atoms with E-state index in [1.54, 1.807) is 18.2 Å². The standard InChI is InChI=1S/C19H19ClFNO5/c1-11(19(24)22-13-5-7-16(21)15(20)9-13)27-18(23)8-12-4-6-14(25-2)10-17(12)26-3/h4-7,9-11H,8H2,1-3H3,(H,22,24)/t11-/m1/s1. The number of hydrogen-bond acceptors (Lipinski definition) is 5. The maximum Gasteiger partial charge on any atom is 0.311 e. The molecular weight excluding hydrogens is 377 g/mol. The van der Waals surface area contributed by atoms with E-state index in [4.69, 9.17) is 25.8 Å². The summed E-state index contributed by atoms with van der Waals surface area (Å²) in [6.45, 7) is 1.43. The summed E-state index contributed by atoms with van der Waals surface area (Å²) >= 11 is 5.67. The van der Waals surface area contributed by atoms with Gasteiger partial charge in [-0.2, -0.15) is 0 Å². The quantitative estimate of drug-likeness (QED) is 0.725. The Morgan fingerprint density at radius 1 is 1.15 bits per heavy atom. The van der Waals surface area contributed by atoms with E-state index in [1.165, 1.54) is 33.3 Å². The molecule has 0 aliphatic carbocycles. The molecule has 1 atom stereocenters. The van der Waals surface area contributed by atoms with Crippen LogP contribution in [-0.4, -0.2) is 32.2 Å². The first kappa shape index (κ1) is 20.5. The molecule has 0 spiro atoms. The molecule has 2 aromatic carbocycles. The molecular formula is C19H19ClFNO5. The second kappa shape index (κ2) is 9.23. The van der Waals surface area contributed by atoms with Crippen molar-refractivity contribution in [2.45, 2.75) is 19.4 Å². The molecule has 0 bridgehead atoms.